The summed E-state index contributed by atoms with van der Waals surface area (Å²) in [5, 5.41) is 0. The minimum absolute atomic E-state index is 0.0820. The third kappa shape index (κ3) is 3.11. The number of likely N-dealkylation sites (N-methyl/N-ethyl adjacent to an activating group) is 1. The van der Waals surface area contributed by atoms with Crippen molar-refractivity contribution in [1.29, 1.82) is 0 Å². The Morgan fingerprint density at radius 2 is 1.70 bits per heavy atom. The van der Waals surface area contributed by atoms with Crippen LogP contribution < -0.4 is 9.47 Å². The normalized spacial score (nSPS) is 17.2. The smallest absolute Gasteiger partial charge is 0.161 e. The molecule has 0 radical (unpaired) electrons. The van der Waals surface area contributed by atoms with Gasteiger partial charge in [-0.05, 0) is 24.7 Å². The van der Waals surface area contributed by atoms with Crippen LogP contribution >= 0.6 is 0 Å². The van der Waals surface area contributed by atoms with E-state index in [1.807, 2.05) is 30.3 Å². The first-order valence-electron chi connectivity index (χ1n) is 6.92. The molecule has 1 aliphatic heterocycles. The van der Waals surface area contributed by atoms with Crippen molar-refractivity contribution in [1.82, 2.24) is 4.90 Å². The average molecular weight is 269 g/mol. The fourth-order valence-electron chi connectivity index (χ4n) is 2.46. The molecule has 0 amide bonds. The van der Waals surface area contributed by atoms with E-state index in [1.165, 1.54) is 5.56 Å². The molecule has 3 rings (SSSR count). The molecule has 0 saturated heterocycles. The second kappa shape index (κ2) is 5.97. The van der Waals surface area contributed by atoms with Gasteiger partial charge < -0.3 is 9.47 Å². The molecule has 3 heteroatoms. The number of para-hydroxylation sites is 2. The molecule has 0 fully saturated rings. The monoisotopic (exact) mass is 269 g/mol. The summed E-state index contributed by atoms with van der Waals surface area (Å²) in [6.45, 7) is 2.38. The van der Waals surface area contributed by atoms with Crippen LogP contribution in [-0.4, -0.2) is 31.2 Å². The van der Waals surface area contributed by atoms with E-state index >= 15 is 0 Å². The Labute approximate surface area is 119 Å². The molecule has 104 valence electrons. The van der Waals surface area contributed by atoms with Crippen LogP contribution in [0.3, 0.4) is 0 Å². The lowest BCUT2D eigenvalue weighted by atomic mass is 10.2. The fourth-order valence-corrected chi connectivity index (χ4v) is 2.46. The van der Waals surface area contributed by atoms with Crippen molar-refractivity contribution in [2.75, 3.05) is 20.2 Å². The number of nitrogens with zero attached hydrogens (tertiary/aromatic N) is 1. The highest BCUT2D eigenvalue weighted by atomic mass is 16.6. The van der Waals surface area contributed by atoms with Crippen LogP contribution in [-0.2, 0) is 6.54 Å². The third-order valence-electron chi connectivity index (χ3n) is 3.38. The van der Waals surface area contributed by atoms with Crippen LogP contribution in [0.5, 0.6) is 11.5 Å². The van der Waals surface area contributed by atoms with E-state index in [0.29, 0.717) is 6.61 Å². The molecule has 0 aliphatic carbocycles. The Morgan fingerprint density at radius 1 is 1.00 bits per heavy atom. The van der Waals surface area contributed by atoms with Crippen LogP contribution in [0.2, 0.25) is 0 Å². The van der Waals surface area contributed by atoms with Crippen molar-refractivity contribution in [3.8, 4) is 11.5 Å². The minimum Gasteiger partial charge on any atom is -0.486 e. The fraction of sp³-hybridized carbons (Fsp3) is 0.294. The largest absolute Gasteiger partial charge is 0.486 e. The molecule has 0 aromatic heterocycles. The number of fused-ring (bicyclic) bond motifs is 1. The topological polar surface area (TPSA) is 21.7 Å². The van der Waals surface area contributed by atoms with Crippen molar-refractivity contribution in [3.63, 3.8) is 0 Å². The maximum Gasteiger partial charge on any atom is 0.161 e. The molecular formula is C17H19NO2. The van der Waals surface area contributed by atoms with Crippen LogP contribution in [0.1, 0.15) is 5.56 Å². The van der Waals surface area contributed by atoms with Gasteiger partial charge in [0.05, 0.1) is 0 Å². The molecule has 0 spiro atoms. The van der Waals surface area contributed by atoms with E-state index in [0.717, 1.165) is 24.6 Å². The first kappa shape index (κ1) is 13.0. The highest BCUT2D eigenvalue weighted by molar-refractivity contribution is 5.40. The molecule has 1 unspecified atom stereocenters. The SMILES string of the molecule is CN(Cc1ccccc1)CC1COc2ccccc2O1. The van der Waals surface area contributed by atoms with Crippen LogP contribution in [0.15, 0.2) is 54.6 Å². The second-order valence-electron chi connectivity index (χ2n) is 5.18. The Hall–Kier alpha value is -2.00. The Morgan fingerprint density at radius 3 is 2.50 bits per heavy atom. The number of hydrogen-bond acceptors (Lipinski definition) is 3. The molecular weight excluding hydrogens is 250 g/mol. The second-order valence-corrected chi connectivity index (χ2v) is 5.18. The van der Waals surface area contributed by atoms with Gasteiger partial charge in [-0.1, -0.05) is 42.5 Å². The maximum absolute atomic E-state index is 5.97. The average Bonchev–Trinajstić information content (AvgIpc) is 2.48. The summed E-state index contributed by atoms with van der Waals surface area (Å²) in [6, 6.07) is 18.3. The van der Waals surface area contributed by atoms with Gasteiger partial charge in [-0.3, -0.25) is 4.90 Å². The zero-order valence-corrected chi connectivity index (χ0v) is 11.7. The summed E-state index contributed by atoms with van der Waals surface area (Å²) in [5.41, 5.74) is 1.31. The summed E-state index contributed by atoms with van der Waals surface area (Å²) in [6.07, 6.45) is 0.0820. The van der Waals surface area contributed by atoms with Crippen molar-refractivity contribution >= 4 is 0 Å². The van der Waals surface area contributed by atoms with E-state index in [1.54, 1.807) is 0 Å². The first-order valence-corrected chi connectivity index (χ1v) is 6.92. The lowest BCUT2D eigenvalue weighted by Crippen LogP contribution is -2.39. The summed E-state index contributed by atoms with van der Waals surface area (Å²) >= 11 is 0. The number of ether oxygens (including phenoxy) is 2. The van der Waals surface area contributed by atoms with Crippen LogP contribution in [0, 0.1) is 0 Å². The minimum atomic E-state index is 0.0820. The van der Waals surface area contributed by atoms with Crippen molar-refractivity contribution < 1.29 is 9.47 Å². The molecule has 0 N–H and O–H groups in total. The predicted molar refractivity (Wildman–Crippen MR) is 79.1 cm³/mol. The van der Waals surface area contributed by atoms with Gasteiger partial charge >= 0.3 is 0 Å². The Bertz CT molecular complexity index is 556. The van der Waals surface area contributed by atoms with Gasteiger partial charge in [0.25, 0.3) is 0 Å². The van der Waals surface area contributed by atoms with Gasteiger partial charge in [-0.25, -0.2) is 0 Å². The molecule has 0 saturated carbocycles. The standard InChI is InChI=1S/C17H19NO2/c1-18(11-14-7-3-2-4-8-14)12-15-13-19-16-9-5-6-10-17(16)20-15/h2-10,15H,11-13H2,1H3. The quantitative estimate of drug-likeness (QED) is 0.851. The van der Waals surface area contributed by atoms with Crippen LogP contribution in [0.4, 0.5) is 0 Å². The molecule has 1 aliphatic rings. The molecule has 3 nitrogen and oxygen atoms in total. The zero-order valence-electron chi connectivity index (χ0n) is 11.7. The summed E-state index contributed by atoms with van der Waals surface area (Å²) in [4.78, 5) is 2.26. The van der Waals surface area contributed by atoms with Gasteiger partial charge in [0.2, 0.25) is 0 Å². The van der Waals surface area contributed by atoms with E-state index in [4.69, 9.17) is 9.47 Å². The molecule has 2 aromatic rings. The molecule has 1 heterocycles. The van der Waals surface area contributed by atoms with Gasteiger partial charge in [0, 0.05) is 13.1 Å². The number of benzene rings is 2. The van der Waals surface area contributed by atoms with Crippen molar-refractivity contribution in [2.45, 2.75) is 12.6 Å². The molecule has 20 heavy (non-hydrogen) atoms. The van der Waals surface area contributed by atoms with Gasteiger partial charge in [-0.2, -0.15) is 0 Å². The summed E-state index contributed by atoms with van der Waals surface area (Å²) in [5.74, 6) is 1.69. The Kier molecular flexibility index (Phi) is 3.88. The van der Waals surface area contributed by atoms with Gasteiger partial charge in [0.1, 0.15) is 12.7 Å². The lowest BCUT2D eigenvalue weighted by molar-refractivity contribution is 0.0638. The van der Waals surface area contributed by atoms with E-state index in [9.17, 15) is 0 Å². The highest BCUT2D eigenvalue weighted by Crippen LogP contribution is 2.30. The number of hydrogen-bond donors (Lipinski definition) is 0. The zero-order chi connectivity index (χ0) is 13.8. The summed E-state index contributed by atoms with van der Waals surface area (Å²) < 4.78 is 11.7. The van der Waals surface area contributed by atoms with Crippen molar-refractivity contribution in [3.05, 3.63) is 60.2 Å². The Balaban J connectivity index is 1.57. The highest BCUT2D eigenvalue weighted by Gasteiger charge is 2.21. The van der Waals surface area contributed by atoms with E-state index < -0.39 is 0 Å². The summed E-state index contributed by atoms with van der Waals surface area (Å²) in [7, 11) is 2.11. The molecule has 2 aromatic carbocycles. The lowest BCUT2D eigenvalue weighted by Gasteiger charge is -2.29. The van der Waals surface area contributed by atoms with Gasteiger partial charge in [-0.15, -0.1) is 0 Å². The molecule has 0 bridgehead atoms. The van der Waals surface area contributed by atoms with E-state index in [2.05, 4.69) is 36.2 Å². The third-order valence-corrected chi connectivity index (χ3v) is 3.38. The number of rotatable bonds is 4. The van der Waals surface area contributed by atoms with Gasteiger partial charge in [0.15, 0.2) is 11.5 Å². The predicted octanol–water partition coefficient (Wildman–Crippen LogP) is 2.96. The van der Waals surface area contributed by atoms with E-state index in [-0.39, 0.29) is 6.10 Å². The first-order chi connectivity index (χ1) is 9.81. The molecule has 1 atom stereocenters. The van der Waals surface area contributed by atoms with Crippen molar-refractivity contribution in [2.24, 2.45) is 0 Å². The van der Waals surface area contributed by atoms with Crippen LogP contribution in [0.25, 0.3) is 0 Å². The maximum atomic E-state index is 5.97.